The lowest BCUT2D eigenvalue weighted by Gasteiger charge is -1.99. The van der Waals surface area contributed by atoms with Gasteiger partial charge in [-0.3, -0.25) is 9.59 Å². The van der Waals surface area contributed by atoms with Crippen molar-refractivity contribution in [2.24, 2.45) is 0 Å². The molecule has 0 saturated carbocycles. The molecule has 92 valence electrons. The van der Waals surface area contributed by atoms with Gasteiger partial charge >= 0.3 is 5.97 Å². The van der Waals surface area contributed by atoms with Crippen LogP contribution in [-0.2, 0) is 11.2 Å². The number of aliphatic carboxylic acids is 1. The van der Waals surface area contributed by atoms with Crippen LogP contribution in [-0.4, -0.2) is 26.8 Å². The molecule has 1 aromatic carbocycles. The summed E-state index contributed by atoms with van der Waals surface area (Å²) < 4.78 is 0. The molecule has 0 unspecified atom stereocenters. The molecule has 0 aliphatic carbocycles. The van der Waals surface area contributed by atoms with E-state index in [9.17, 15) is 9.59 Å². The lowest BCUT2D eigenvalue weighted by molar-refractivity contribution is -0.136. The number of H-pyrrole nitrogens is 1. The molecule has 0 amide bonds. The summed E-state index contributed by atoms with van der Waals surface area (Å²) in [6, 6.07) is 6.99. The third-order valence-electron chi connectivity index (χ3n) is 2.53. The van der Waals surface area contributed by atoms with Gasteiger partial charge in [0.25, 0.3) is 0 Å². The van der Waals surface area contributed by atoms with E-state index < -0.39 is 5.97 Å². The molecule has 0 atom stereocenters. The van der Waals surface area contributed by atoms with Crippen LogP contribution >= 0.6 is 0 Å². The van der Waals surface area contributed by atoms with Crippen LogP contribution in [0, 0.1) is 0 Å². The molecule has 0 bridgehead atoms. The number of nitrogens with one attached hydrogen (secondary N) is 1. The summed E-state index contributed by atoms with van der Waals surface area (Å²) in [5.41, 5.74) is 2.00. The average Bonchev–Trinajstić information content (AvgIpc) is 2.76. The number of hydrogen-bond donors (Lipinski definition) is 2. The van der Waals surface area contributed by atoms with Gasteiger partial charge in [-0.05, 0) is 6.92 Å². The van der Waals surface area contributed by atoms with E-state index in [1.165, 1.54) is 13.1 Å². The van der Waals surface area contributed by atoms with Gasteiger partial charge in [-0.2, -0.15) is 0 Å². The molecule has 2 N–H and O–H groups in total. The molecular formula is C13H12N2O3. The van der Waals surface area contributed by atoms with Crippen molar-refractivity contribution in [2.75, 3.05) is 0 Å². The van der Waals surface area contributed by atoms with Crippen molar-refractivity contribution in [3.8, 4) is 11.4 Å². The molecule has 0 spiro atoms. The summed E-state index contributed by atoms with van der Waals surface area (Å²) in [6.07, 6.45) is 1.42. The number of imidazole rings is 1. The van der Waals surface area contributed by atoms with Crippen molar-refractivity contribution >= 4 is 11.8 Å². The molecule has 2 aromatic rings. The largest absolute Gasteiger partial charge is 0.481 e. The molecule has 18 heavy (non-hydrogen) atoms. The van der Waals surface area contributed by atoms with Gasteiger partial charge < -0.3 is 10.1 Å². The number of aromatic amines is 1. The number of Topliss-reactive ketones (excluding diaryl/α,β-unsaturated/α-hetero) is 1. The fourth-order valence-electron chi connectivity index (χ4n) is 1.62. The van der Waals surface area contributed by atoms with Gasteiger partial charge in [0.2, 0.25) is 0 Å². The third-order valence-corrected chi connectivity index (χ3v) is 2.53. The predicted octanol–water partition coefficient (Wildman–Crippen LogP) is 1.91. The van der Waals surface area contributed by atoms with Gasteiger partial charge in [0.15, 0.2) is 5.78 Å². The number of rotatable bonds is 4. The van der Waals surface area contributed by atoms with E-state index in [1.54, 1.807) is 24.3 Å². The Morgan fingerprint density at radius 3 is 2.50 bits per heavy atom. The number of ketones is 1. The first-order valence-electron chi connectivity index (χ1n) is 5.43. The van der Waals surface area contributed by atoms with Gasteiger partial charge in [-0.25, -0.2) is 4.98 Å². The zero-order valence-electron chi connectivity index (χ0n) is 9.80. The maximum atomic E-state index is 11.1. The molecule has 5 heteroatoms. The minimum Gasteiger partial charge on any atom is -0.481 e. The van der Waals surface area contributed by atoms with Gasteiger partial charge in [0, 0.05) is 23.0 Å². The highest BCUT2D eigenvalue weighted by Gasteiger charge is 2.07. The van der Waals surface area contributed by atoms with E-state index in [4.69, 9.17) is 5.11 Å². The van der Waals surface area contributed by atoms with Crippen LogP contribution in [0.2, 0.25) is 0 Å². The number of carbonyl (C=O) groups excluding carboxylic acids is 1. The van der Waals surface area contributed by atoms with Crippen molar-refractivity contribution in [1.82, 2.24) is 9.97 Å². The fourth-order valence-corrected chi connectivity index (χ4v) is 1.62. The molecular weight excluding hydrogens is 232 g/mol. The number of hydrogen-bond acceptors (Lipinski definition) is 3. The summed E-state index contributed by atoms with van der Waals surface area (Å²) in [4.78, 5) is 28.7. The summed E-state index contributed by atoms with van der Waals surface area (Å²) in [5.74, 6) is -0.300. The van der Waals surface area contributed by atoms with E-state index in [1.807, 2.05) is 0 Å². The maximum Gasteiger partial charge on any atom is 0.309 e. The predicted molar refractivity (Wildman–Crippen MR) is 65.4 cm³/mol. The highest BCUT2D eigenvalue weighted by atomic mass is 16.4. The Morgan fingerprint density at radius 1 is 1.28 bits per heavy atom. The topological polar surface area (TPSA) is 83.1 Å². The fraction of sp³-hybridized carbons (Fsp3) is 0.154. The summed E-state index contributed by atoms with van der Waals surface area (Å²) in [7, 11) is 0. The third kappa shape index (κ3) is 2.63. The molecule has 2 rings (SSSR count). The summed E-state index contributed by atoms with van der Waals surface area (Å²) in [6.45, 7) is 1.51. The Labute approximate surface area is 103 Å². The lowest BCUT2D eigenvalue weighted by Crippen LogP contribution is -1.99. The van der Waals surface area contributed by atoms with Crippen LogP contribution in [0.5, 0.6) is 0 Å². The monoisotopic (exact) mass is 244 g/mol. The number of aromatic nitrogens is 2. The van der Waals surface area contributed by atoms with Crippen molar-refractivity contribution in [1.29, 1.82) is 0 Å². The number of benzene rings is 1. The molecule has 5 nitrogen and oxygen atoms in total. The van der Waals surface area contributed by atoms with Crippen LogP contribution < -0.4 is 0 Å². The van der Waals surface area contributed by atoms with E-state index in [2.05, 4.69) is 9.97 Å². The minimum absolute atomic E-state index is 0.00700. The molecule has 0 saturated heterocycles. The number of carboxylic acids is 1. The van der Waals surface area contributed by atoms with Crippen LogP contribution in [0.1, 0.15) is 23.0 Å². The highest BCUT2D eigenvalue weighted by Crippen LogP contribution is 2.16. The molecule has 0 fully saturated rings. The zero-order chi connectivity index (χ0) is 13.1. The van der Waals surface area contributed by atoms with E-state index in [-0.39, 0.29) is 12.2 Å². The summed E-state index contributed by atoms with van der Waals surface area (Å²) in [5, 5.41) is 8.66. The first-order valence-corrected chi connectivity index (χ1v) is 5.43. The second-order valence-electron chi connectivity index (χ2n) is 3.96. The quantitative estimate of drug-likeness (QED) is 0.805. The van der Waals surface area contributed by atoms with E-state index in [0.29, 0.717) is 17.1 Å². The Hall–Kier alpha value is -2.43. The zero-order valence-corrected chi connectivity index (χ0v) is 9.80. The standard InChI is InChI=1S/C13H12N2O3/c1-8(16)9-2-4-10(5-3-9)13-14-7-11(15-13)6-12(17)18/h2-5,7H,6H2,1H3,(H,14,15)(H,17,18). The molecule has 0 radical (unpaired) electrons. The Bertz CT molecular complexity index is 585. The minimum atomic E-state index is -0.905. The Balaban J connectivity index is 2.23. The van der Waals surface area contributed by atoms with Crippen LogP contribution in [0.15, 0.2) is 30.5 Å². The second kappa shape index (κ2) is 4.83. The molecule has 1 aromatic heterocycles. The van der Waals surface area contributed by atoms with Gasteiger partial charge in [0.05, 0.1) is 6.42 Å². The first kappa shape index (κ1) is 12.0. The van der Waals surface area contributed by atoms with Crippen LogP contribution in [0.25, 0.3) is 11.4 Å². The van der Waals surface area contributed by atoms with Gasteiger partial charge in [-0.15, -0.1) is 0 Å². The lowest BCUT2D eigenvalue weighted by atomic mass is 10.1. The molecule has 0 aliphatic heterocycles. The number of carboxylic acid groups (broad SMARTS) is 1. The Kier molecular flexibility index (Phi) is 3.23. The van der Waals surface area contributed by atoms with Crippen molar-refractivity contribution in [3.05, 3.63) is 41.7 Å². The van der Waals surface area contributed by atoms with Gasteiger partial charge in [-0.1, -0.05) is 24.3 Å². The maximum absolute atomic E-state index is 11.1. The SMILES string of the molecule is CC(=O)c1ccc(-c2ncc(CC(=O)O)[nH]2)cc1. The van der Waals surface area contributed by atoms with Crippen molar-refractivity contribution in [3.63, 3.8) is 0 Å². The highest BCUT2D eigenvalue weighted by molar-refractivity contribution is 5.94. The molecule has 0 aliphatic rings. The van der Waals surface area contributed by atoms with Gasteiger partial charge in [0.1, 0.15) is 5.82 Å². The van der Waals surface area contributed by atoms with E-state index >= 15 is 0 Å². The van der Waals surface area contributed by atoms with Crippen LogP contribution in [0.4, 0.5) is 0 Å². The Morgan fingerprint density at radius 2 is 1.94 bits per heavy atom. The second-order valence-corrected chi connectivity index (χ2v) is 3.96. The van der Waals surface area contributed by atoms with Crippen molar-refractivity contribution < 1.29 is 14.7 Å². The van der Waals surface area contributed by atoms with Crippen LogP contribution in [0.3, 0.4) is 0 Å². The van der Waals surface area contributed by atoms with Crippen molar-refractivity contribution in [2.45, 2.75) is 13.3 Å². The number of nitrogens with zero attached hydrogens (tertiary/aromatic N) is 1. The molecule has 1 heterocycles. The first-order chi connectivity index (χ1) is 8.56. The number of carbonyl (C=O) groups is 2. The normalized spacial score (nSPS) is 10.3. The average molecular weight is 244 g/mol. The smallest absolute Gasteiger partial charge is 0.309 e. The summed E-state index contributed by atoms with van der Waals surface area (Å²) >= 11 is 0. The van der Waals surface area contributed by atoms with E-state index in [0.717, 1.165) is 5.56 Å².